The number of anilines is 3. The van der Waals surface area contributed by atoms with E-state index in [1.165, 1.54) is 16.8 Å². The van der Waals surface area contributed by atoms with Gasteiger partial charge in [-0.3, -0.25) is 0 Å². The fourth-order valence-corrected chi connectivity index (χ4v) is 3.81. The summed E-state index contributed by atoms with van der Waals surface area (Å²) < 4.78 is 0. The van der Waals surface area contributed by atoms with E-state index < -0.39 is 0 Å². The number of halogens is 1. The zero-order valence-electron chi connectivity index (χ0n) is 12.6. The predicted octanol–water partition coefficient (Wildman–Crippen LogP) is 4.48. The zero-order chi connectivity index (χ0) is 15.1. The van der Waals surface area contributed by atoms with Crippen LogP contribution in [0.2, 0.25) is 5.15 Å². The summed E-state index contributed by atoms with van der Waals surface area (Å²) in [5, 5.41) is 4.11. The van der Waals surface area contributed by atoms with E-state index in [9.17, 15) is 0 Å². The smallest absolute Gasteiger partial charge is 0.161 e. The molecule has 2 aromatic rings. The minimum Gasteiger partial charge on any atom is -0.373 e. The Kier molecular flexibility index (Phi) is 3.41. The molecule has 2 aliphatic heterocycles. The Hall–Kier alpha value is -1.81. The molecule has 1 atom stereocenters. The number of fused-ring (bicyclic) bond motifs is 2. The van der Waals surface area contributed by atoms with Gasteiger partial charge in [0.1, 0.15) is 12.0 Å². The monoisotopic (exact) mass is 314 g/mol. The maximum atomic E-state index is 6.36. The second kappa shape index (κ2) is 5.43. The third-order valence-corrected chi connectivity index (χ3v) is 4.84. The van der Waals surface area contributed by atoms with Crippen molar-refractivity contribution in [1.29, 1.82) is 0 Å². The maximum absolute atomic E-state index is 6.36. The zero-order valence-corrected chi connectivity index (χ0v) is 13.4. The van der Waals surface area contributed by atoms with Crippen molar-refractivity contribution in [2.75, 3.05) is 16.8 Å². The molecule has 4 rings (SSSR count). The number of benzene rings is 1. The molecule has 0 spiro atoms. The number of para-hydroxylation sites is 1. The van der Waals surface area contributed by atoms with Gasteiger partial charge in [-0.15, -0.1) is 0 Å². The van der Waals surface area contributed by atoms with Gasteiger partial charge in [-0.2, -0.15) is 0 Å². The number of nitrogens with zero attached hydrogens (tertiary/aromatic N) is 3. The lowest BCUT2D eigenvalue weighted by Gasteiger charge is -2.31. The van der Waals surface area contributed by atoms with Crippen molar-refractivity contribution < 1.29 is 0 Å². The first-order chi connectivity index (χ1) is 10.8. The summed E-state index contributed by atoms with van der Waals surface area (Å²) in [6, 6.07) is 6.90. The van der Waals surface area contributed by atoms with Crippen molar-refractivity contribution in [3.63, 3.8) is 0 Å². The van der Waals surface area contributed by atoms with E-state index in [2.05, 4.69) is 45.3 Å². The van der Waals surface area contributed by atoms with E-state index in [0.717, 1.165) is 43.7 Å². The Labute approximate surface area is 135 Å². The second-order valence-corrected chi connectivity index (χ2v) is 6.32. The third kappa shape index (κ3) is 2.05. The fraction of sp³-hybridized carbons (Fsp3) is 0.412. The number of nitrogens with one attached hydrogen (secondary N) is 1. The van der Waals surface area contributed by atoms with Crippen LogP contribution in [-0.4, -0.2) is 16.5 Å². The molecule has 114 valence electrons. The highest BCUT2D eigenvalue weighted by atomic mass is 35.5. The number of hydrogen-bond acceptors (Lipinski definition) is 4. The number of aromatic nitrogens is 2. The van der Waals surface area contributed by atoms with Gasteiger partial charge in [0, 0.05) is 6.54 Å². The van der Waals surface area contributed by atoms with Crippen LogP contribution in [-0.2, 0) is 6.42 Å². The predicted molar refractivity (Wildman–Crippen MR) is 90.1 cm³/mol. The highest BCUT2D eigenvalue weighted by Gasteiger charge is 2.32. The van der Waals surface area contributed by atoms with E-state index >= 15 is 0 Å². The Morgan fingerprint density at radius 2 is 2.27 bits per heavy atom. The molecule has 3 heterocycles. The quantitative estimate of drug-likeness (QED) is 0.830. The van der Waals surface area contributed by atoms with Crippen LogP contribution >= 0.6 is 11.6 Å². The van der Waals surface area contributed by atoms with Gasteiger partial charge in [-0.25, -0.2) is 9.97 Å². The molecule has 1 unspecified atom stereocenters. The first kappa shape index (κ1) is 13.8. The van der Waals surface area contributed by atoms with Crippen molar-refractivity contribution in [3.05, 3.63) is 40.8 Å². The molecule has 4 nitrogen and oxygen atoms in total. The van der Waals surface area contributed by atoms with E-state index in [4.69, 9.17) is 11.6 Å². The average molecular weight is 315 g/mol. The Morgan fingerprint density at radius 1 is 1.36 bits per heavy atom. The highest BCUT2D eigenvalue weighted by Crippen LogP contribution is 2.47. The van der Waals surface area contributed by atoms with Gasteiger partial charge < -0.3 is 10.2 Å². The first-order valence-electron chi connectivity index (χ1n) is 7.96. The average Bonchev–Trinajstić information content (AvgIpc) is 2.67. The molecule has 0 amide bonds. The molecule has 1 aromatic heterocycles. The lowest BCUT2D eigenvalue weighted by atomic mass is 9.93. The van der Waals surface area contributed by atoms with Crippen molar-refractivity contribution >= 4 is 28.8 Å². The van der Waals surface area contributed by atoms with E-state index in [-0.39, 0.29) is 6.04 Å². The minimum atomic E-state index is 0.255. The molecule has 1 aromatic carbocycles. The molecule has 1 N–H and O–H groups in total. The molecule has 2 aliphatic rings. The van der Waals surface area contributed by atoms with Gasteiger partial charge in [-0.05, 0) is 30.4 Å². The molecule has 0 saturated carbocycles. The Bertz CT molecular complexity index is 716. The normalized spacial score (nSPS) is 19.0. The van der Waals surface area contributed by atoms with Crippen LogP contribution in [0.5, 0.6) is 0 Å². The number of hydrogen-bond donors (Lipinski definition) is 1. The molecule has 0 saturated heterocycles. The fourth-order valence-electron chi connectivity index (χ4n) is 3.63. The molecular formula is C17H19ClN4. The lowest BCUT2D eigenvalue weighted by molar-refractivity contribution is 0.675. The van der Waals surface area contributed by atoms with Crippen LogP contribution in [0.15, 0.2) is 24.5 Å². The van der Waals surface area contributed by atoms with Crippen molar-refractivity contribution in [3.8, 4) is 0 Å². The topological polar surface area (TPSA) is 41.1 Å². The van der Waals surface area contributed by atoms with Gasteiger partial charge in [0.25, 0.3) is 0 Å². The number of rotatable bonds is 2. The summed E-state index contributed by atoms with van der Waals surface area (Å²) in [4.78, 5) is 11.0. The van der Waals surface area contributed by atoms with Crippen LogP contribution < -0.4 is 10.2 Å². The molecule has 0 aliphatic carbocycles. The number of aryl methyl sites for hydroxylation is 1. The molecule has 0 fully saturated rings. The van der Waals surface area contributed by atoms with Crippen molar-refractivity contribution in [2.45, 2.75) is 38.6 Å². The van der Waals surface area contributed by atoms with Crippen LogP contribution in [0, 0.1) is 0 Å². The van der Waals surface area contributed by atoms with Crippen LogP contribution in [0.25, 0.3) is 0 Å². The van der Waals surface area contributed by atoms with Crippen LogP contribution in [0.3, 0.4) is 0 Å². The van der Waals surface area contributed by atoms with Gasteiger partial charge in [0.05, 0.1) is 11.7 Å². The van der Waals surface area contributed by atoms with Crippen molar-refractivity contribution in [1.82, 2.24) is 9.97 Å². The van der Waals surface area contributed by atoms with Gasteiger partial charge in [-0.1, -0.05) is 43.1 Å². The Morgan fingerprint density at radius 3 is 3.14 bits per heavy atom. The van der Waals surface area contributed by atoms with Gasteiger partial charge in [0.15, 0.2) is 11.0 Å². The van der Waals surface area contributed by atoms with Crippen LogP contribution in [0.4, 0.5) is 17.2 Å². The van der Waals surface area contributed by atoms with Crippen molar-refractivity contribution in [2.24, 2.45) is 0 Å². The van der Waals surface area contributed by atoms with Crippen LogP contribution in [0.1, 0.15) is 43.4 Å². The van der Waals surface area contributed by atoms with Gasteiger partial charge in [0.2, 0.25) is 0 Å². The second-order valence-electron chi connectivity index (χ2n) is 5.96. The summed E-state index contributed by atoms with van der Waals surface area (Å²) in [6.07, 6.45) is 6.00. The Balaban J connectivity index is 1.97. The SMILES string of the molecule is CCCC1Nc2c(Cl)ncnc2N2CCCc3cccc1c32. The molecular weight excluding hydrogens is 296 g/mol. The summed E-state index contributed by atoms with van der Waals surface area (Å²) in [7, 11) is 0. The maximum Gasteiger partial charge on any atom is 0.161 e. The molecule has 22 heavy (non-hydrogen) atoms. The minimum absolute atomic E-state index is 0.255. The van der Waals surface area contributed by atoms with E-state index in [0.29, 0.717) is 5.15 Å². The summed E-state index contributed by atoms with van der Waals surface area (Å²) >= 11 is 6.36. The third-order valence-electron chi connectivity index (χ3n) is 4.56. The summed E-state index contributed by atoms with van der Waals surface area (Å²) in [5.74, 6) is 0.909. The molecule has 5 heteroatoms. The van der Waals surface area contributed by atoms with E-state index in [1.54, 1.807) is 6.33 Å². The molecule has 0 bridgehead atoms. The molecule has 0 radical (unpaired) electrons. The summed E-state index contributed by atoms with van der Waals surface area (Å²) in [6.45, 7) is 3.19. The summed E-state index contributed by atoms with van der Waals surface area (Å²) in [5.41, 5.74) is 4.96. The van der Waals surface area contributed by atoms with Gasteiger partial charge >= 0.3 is 0 Å². The highest BCUT2D eigenvalue weighted by molar-refractivity contribution is 6.32. The lowest BCUT2D eigenvalue weighted by Crippen LogP contribution is -2.26. The first-order valence-corrected chi connectivity index (χ1v) is 8.33. The van der Waals surface area contributed by atoms with E-state index in [1.807, 2.05) is 0 Å². The standard InChI is InChI=1S/C17H19ClN4/c1-2-5-13-12-8-3-6-11-7-4-9-22(15(11)12)17-14(21-13)16(18)19-10-20-17/h3,6,8,10,13,21H,2,4-5,7,9H2,1H3. The largest absolute Gasteiger partial charge is 0.373 e.